The van der Waals surface area contributed by atoms with Crippen molar-refractivity contribution >= 4 is 34.3 Å². The van der Waals surface area contributed by atoms with Gasteiger partial charge in [0.1, 0.15) is 17.6 Å². The van der Waals surface area contributed by atoms with Gasteiger partial charge in [-0.15, -0.1) is 0 Å². The number of nitrogens with zero attached hydrogens (tertiary/aromatic N) is 2. The zero-order chi connectivity index (χ0) is 18.0. The van der Waals surface area contributed by atoms with Crippen LogP contribution in [-0.4, -0.2) is 16.6 Å². The molecule has 3 rings (SSSR count). The van der Waals surface area contributed by atoms with E-state index in [1.807, 2.05) is 26.0 Å². The van der Waals surface area contributed by atoms with Gasteiger partial charge in [0.15, 0.2) is 0 Å². The molecule has 126 valence electrons. The number of aromatic nitrogens is 2. The predicted octanol–water partition coefficient (Wildman–Crippen LogP) is 5.30. The Balaban J connectivity index is 2.10. The van der Waals surface area contributed by atoms with Crippen LogP contribution >= 0.6 is 11.6 Å². The summed E-state index contributed by atoms with van der Waals surface area (Å²) in [5, 5.41) is 10.2. The molecule has 0 bridgehead atoms. The number of aromatic amines is 1. The maximum Gasteiger partial charge on any atom is 0.149 e. The Kier molecular flexibility index (Phi) is 4.78. The number of benzene rings is 2. The van der Waals surface area contributed by atoms with Gasteiger partial charge in [0.2, 0.25) is 0 Å². The average molecular weight is 352 g/mol. The van der Waals surface area contributed by atoms with E-state index < -0.39 is 0 Å². The van der Waals surface area contributed by atoms with Crippen molar-refractivity contribution in [1.29, 1.82) is 5.26 Å². The van der Waals surface area contributed by atoms with Crippen LogP contribution in [0, 0.1) is 25.2 Å². The summed E-state index contributed by atoms with van der Waals surface area (Å²) in [6, 6.07) is 11.6. The zero-order valence-electron chi connectivity index (χ0n) is 14.4. The van der Waals surface area contributed by atoms with Gasteiger partial charge >= 0.3 is 0 Å². The number of nitriles is 1. The van der Waals surface area contributed by atoms with Gasteiger partial charge in [-0.05, 0) is 68.3 Å². The molecule has 0 aliphatic carbocycles. The van der Waals surface area contributed by atoms with Gasteiger partial charge in [0, 0.05) is 10.6 Å². The number of nitrogens with one attached hydrogen (secondary N) is 1. The Hall–Kier alpha value is -2.77. The number of aryl methyl sites for hydroxylation is 2. The highest BCUT2D eigenvalue weighted by atomic mass is 35.5. The lowest BCUT2D eigenvalue weighted by Crippen LogP contribution is -1.94. The molecule has 0 fully saturated rings. The van der Waals surface area contributed by atoms with Crippen molar-refractivity contribution in [3.63, 3.8) is 0 Å². The molecule has 0 saturated carbocycles. The molecule has 1 heterocycles. The first-order valence-electron chi connectivity index (χ1n) is 8.03. The molecule has 1 N–H and O–H groups in total. The number of imidazole rings is 1. The van der Waals surface area contributed by atoms with Crippen LogP contribution in [0.3, 0.4) is 0 Å². The number of allylic oxidation sites excluding steroid dienone is 1. The lowest BCUT2D eigenvalue weighted by molar-refractivity contribution is 0.339. The highest BCUT2D eigenvalue weighted by Gasteiger charge is 2.11. The molecule has 0 unspecified atom stereocenters. The lowest BCUT2D eigenvalue weighted by atomic mass is 10.1. The van der Waals surface area contributed by atoms with Gasteiger partial charge in [-0.25, -0.2) is 4.98 Å². The first-order valence-corrected chi connectivity index (χ1v) is 8.41. The van der Waals surface area contributed by atoms with Crippen molar-refractivity contribution in [2.24, 2.45) is 0 Å². The van der Waals surface area contributed by atoms with E-state index in [2.05, 4.69) is 23.0 Å². The van der Waals surface area contributed by atoms with Gasteiger partial charge in [-0.3, -0.25) is 0 Å². The van der Waals surface area contributed by atoms with Gasteiger partial charge in [-0.1, -0.05) is 11.6 Å². The van der Waals surface area contributed by atoms with Crippen molar-refractivity contribution in [3.8, 4) is 11.8 Å². The third-order valence-corrected chi connectivity index (χ3v) is 4.28. The molecule has 2 aromatic carbocycles. The summed E-state index contributed by atoms with van der Waals surface area (Å²) >= 11 is 6.10. The monoisotopic (exact) mass is 351 g/mol. The Morgan fingerprint density at radius 2 is 2.04 bits per heavy atom. The average Bonchev–Trinajstić information content (AvgIpc) is 2.98. The molecular weight excluding hydrogens is 334 g/mol. The molecular formula is C20H18ClN3O. The van der Waals surface area contributed by atoms with Crippen LogP contribution in [0.4, 0.5) is 0 Å². The van der Waals surface area contributed by atoms with Crippen LogP contribution in [0.2, 0.25) is 5.02 Å². The fourth-order valence-electron chi connectivity index (χ4n) is 2.63. The smallest absolute Gasteiger partial charge is 0.149 e. The fraction of sp³-hybridized carbons (Fsp3) is 0.200. The summed E-state index contributed by atoms with van der Waals surface area (Å²) in [4.78, 5) is 7.79. The van der Waals surface area contributed by atoms with E-state index in [9.17, 15) is 5.26 Å². The summed E-state index contributed by atoms with van der Waals surface area (Å²) in [6.45, 7) is 6.55. The molecule has 0 radical (unpaired) electrons. The van der Waals surface area contributed by atoms with Gasteiger partial charge in [0.25, 0.3) is 0 Å². The van der Waals surface area contributed by atoms with E-state index in [1.165, 1.54) is 11.1 Å². The summed E-state index contributed by atoms with van der Waals surface area (Å²) in [6.07, 6.45) is 1.74. The number of fused-ring (bicyclic) bond motifs is 1. The normalized spacial score (nSPS) is 11.6. The van der Waals surface area contributed by atoms with Crippen LogP contribution in [0.25, 0.3) is 22.7 Å². The first-order chi connectivity index (χ1) is 12.0. The standard InChI is InChI=1S/C20H18ClN3O/c1-4-25-19-6-5-16(21)10-14(19)9-15(11-22)20-23-17-7-12(2)13(3)8-18(17)24-20/h5-10H,4H2,1-3H3,(H,23,24). The van der Waals surface area contributed by atoms with E-state index in [0.29, 0.717) is 28.8 Å². The molecule has 4 nitrogen and oxygen atoms in total. The summed E-state index contributed by atoms with van der Waals surface area (Å²) in [5.41, 5.74) is 5.28. The molecule has 0 saturated heterocycles. The lowest BCUT2D eigenvalue weighted by Gasteiger charge is -2.07. The van der Waals surface area contributed by atoms with E-state index >= 15 is 0 Å². The molecule has 1 aromatic heterocycles. The second-order valence-electron chi connectivity index (χ2n) is 5.82. The topological polar surface area (TPSA) is 61.7 Å². The summed E-state index contributed by atoms with van der Waals surface area (Å²) in [5.74, 6) is 1.22. The van der Waals surface area contributed by atoms with Gasteiger partial charge in [0.05, 0.1) is 23.2 Å². The summed E-state index contributed by atoms with van der Waals surface area (Å²) < 4.78 is 5.62. The second-order valence-corrected chi connectivity index (χ2v) is 6.26. The van der Waals surface area contributed by atoms with Crippen LogP contribution in [0.5, 0.6) is 5.75 Å². The van der Waals surface area contributed by atoms with E-state index in [1.54, 1.807) is 24.3 Å². The third-order valence-electron chi connectivity index (χ3n) is 4.04. The molecule has 0 spiro atoms. The highest BCUT2D eigenvalue weighted by molar-refractivity contribution is 6.30. The number of halogens is 1. The molecule has 0 amide bonds. The quantitative estimate of drug-likeness (QED) is 0.649. The van der Waals surface area contributed by atoms with Crippen molar-refractivity contribution < 1.29 is 4.74 Å². The van der Waals surface area contributed by atoms with Crippen molar-refractivity contribution in [1.82, 2.24) is 9.97 Å². The van der Waals surface area contributed by atoms with Crippen LogP contribution < -0.4 is 4.74 Å². The Morgan fingerprint density at radius 3 is 2.76 bits per heavy atom. The molecule has 0 aliphatic rings. The number of hydrogen-bond acceptors (Lipinski definition) is 3. The number of ether oxygens (including phenoxy) is 1. The van der Waals surface area contributed by atoms with Crippen molar-refractivity contribution in [3.05, 3.63) is 57.9 Å². The van der Waals surface area contributed by atoms with E-state index in [0.717, 1.165) is 16.6 Å². The molecule has 0 aliphatic heterocycles. The Labute approximate surface area is 151 Å². The van der Waals surface area contributed by atoms with E-state index in [4.69, 9.17) is 16.3 Å². The molecule has 0 atom stereocenters. The summed E-state index contributed by atoms with van der Waals surface area (Å²) in [7, 11) is 0. The maximum absolute atomic E-state index is 9.61. The van der Waals surface area contributed by atoms with Crippen molar-refractivity contribution in [2.75, 3.05) is 6.61 Å². The molecule has 25 heavy (non-hydrogen) atoms. The minimum absolute atomic E-state index is 0.426. The Bertz CT molecular complexity index is 973. The number of rotatable bonds is 4. The molecule has 5 heteroatoms. The number of H-pyrrole nitrogens is 1. The van der Waals surface area contributed by atoms with Crippen LogP contribution in [0.1, 0.15) is 29.4 Å². The fourth-order valence-corrected chi connectivity index (χ4v) is 2.81. The van der Waals surface area contributed by atoms with Crippen LogP contribution in [-0.2, 0) is 0 Å². The molecule has 3 aromatic rings. The second kappa shape index (κ2) is 7.00. The SMILES string of the molecule is CCOc1ccc(Cl)cc1C=C(C#N)c1nc2cc(C)c(C)cc2[nH]1. The van der Waals surface area contributed by atoms with Gasteiger partial charge < -0.3 is 9.72 Å². The highest BCUT2D eigenvalue weighted by Crippen LogP contribution is 2.28. The van der Waals surface area contributed by atoms with Gasteiger partial charge in [-0.2, -0.15) is 5.26 Å². The van der Waals surface area contributed by atoms with Crippen LogP contribution in [0.15, 0.2) is 30.3 Å². The minimum atomic E-state index is 0.426. The van der Waals surface area contributed by atoms with E-state index in [-0.39, 0.29) is 0 Å². The minimum Gasteiger partial charge on any atom is -0.493 e. The Morgan fingerprint density at radius 1 is 1.28 bits per heavy atom. The largest absolute Gasteiger partial charge is 0.493 e. The number of hydrogen-bond donors (Lipinski definition) is 1. The predicted molar refractivity (Wildman–Crippen MR) is 102 cm³/mol. The zero-order valence-corrected chi connectivity index (χ0v) is 15.1. The van der Waals surface area contributed by atoms with Crippen molar-refractivity contribution in [2.45, 2.75) is 20.8 Å². The third kappa shape index (κ3) is 3.52. The first kappa shape index (κ1) is 17.1. The maximum atomic E-state index is 9.61.